The van der Waals surface area contributed by atoms with Crippen molar-refractivity contribution in [3.8, 4) is 5.75 Å². The van der Waals surface area contributed by atoms with Crippen molar-refractivity contribution in [1.82, 2.24) is 10.4 Å². The monoisotopic (exact) mass is 389 g/mol. The molecule has 4 saturated carbocycles. The number of benzene rings is 1. The number of amides is 1. The molecular formula is C24H27N3O2. The number of pyridine rings is 1. The number of nitrogens with zero attached hydrogens (tertiary/aromatic N) is 2. The number of hydrogen-bond donors (Lipinski definition) is 1. The maximum atomic E-state index is 11.9. The van der Waals surface area contributed by atoms with E-state index in [-0.39, 0.29) is 12.5 Å². The molecule has 1 heterocycles. The van der Waals surface area contributed by atoms with Crippen LogP contribution >= 0.6 is 0 Å². The van der Waals surface area contributed by atoms with Gasteiger partial charge in [-0.1, -0.05) is 18.2 Å². The maximum Gasteiger partial charge on any atom is 0.277 e. The molecule has 1 aromatic heterocycles. The van der Waals surface area contributed by atoms with E-state index < -0.39 is 0 Å². The Morgan fingerprint density at radius 2 is 1.79 bits per heavy atom. The van der Waals surface area contributed by atoms with Crippen LogP contribution in [0.1, 0.15) is 49.7 Å². The highest BCUT2D eigenvalue weighted by Crippen LogP contribution is 2.60. The molecule has 4 fully saturated rings. The largest absolute Gasteiger partial charge is 0.484 e. The standard InChI is InChI=1S/C24H27N3O2/c28-23(27-26-15-17-2-1-7-25-14-17)16-29-22-5-3-21(4-6-22)24-11-18-8-19(12-24)10-20(9-18)13-24/h1-7,14-15,18-20H,8-13,16H2,(H,27,28)/b26-15+. The van der Waals surface area contributed by atoms with E-state index >= 15 is 0 Å². The van der Waals surface area contributed by atoms with E-state index in [0.717, 1.165) is 29.1 Å². The van der Waals surface area contributed by atoms with Gasteiger partial charge in [-0.15, -0.1) is 0 Å². The summed E-state index contributed by atoms with van der Waals surface area (Å²) >= 11 is 0. The Morgan fingerprint density at radius 3 is 2.41 bits per heavy atom. The zero-order chi connectivity index (χ0) is 19.7. The maximum absolute atomic E-state index is 11.9. The first kappa shape index (κ1) is 18.3. The quantitative estimate of drug-likeness (QED) is 0.598. The second kappa shape index (κ2) is 7.62. The number of carbonyl (C=O) groups excluding carboxylic acids is 1. The van der Waals surface area contributed by atoms with Gasteiger partial charge in [0.2, 0.25) is 0 Å². The Bertz CT molecular complexity index is 857. The van der Waals surface area contributed by atoms with Crippen LogP contribution in [0.15, 0.2) is 53.9 Å². The Balaban J connectivity index is 1.15. The van der Waals surface area contributed by atoms with E-state index in [1.807, 2.05) is 24.3 Å². The number of rotatable bonds is 6. The highest BCUT2D eigenvalue weighted by Gasteiger charge is 2.51. The van der Waals surface area contributed by atoms with E-state index in [1.54, 1.807) is 18.6 Å². The van der Waals surface area contributed by atoms with E-state index in [9.17, 15) is 4.79 Å². The zero-order valence-electron chi connectivity index (χ0n) is 16.6. The molecule has 0 atom stereocenters. The van der Waals surface area contributed by atoms with E-state index in [1.165, 1.54) is 44.1 Å². The highest BCUT2D eigenvalue weighted by molar-refractivity contribution is 5.82. The number of aromatic nitrogens is 1. The molecule has 6 rings (SSSR count). The molecule has 1 amide bonds. The fourth-order valence-corrected chi connectivity index (χ4v) is 6.18. The van der Waals surface area contributed by atoms with Crippen LogP contribution in [0.25, 0.3) is 0 Å². The Morgan fingerprint density at radius 1 is 1.10 bits per heavy atom. The molecule has 4 bridgehead atoms. The lowest BCUT2D eigenvalue weighted by molar-refractivity contribution is -0.123. The summed E-state index contributed by atoms with van der Waals surface area (Å²) in [6, 6.07) is 12.2. The van der Waals surface area contributed by atoms with Crippen molar-refractivity contribution in [2.45, 2.75) is 43.9 Å². The van der Waals surface area contributed by atoms with Crippen LogP contribution in [0.5, 0.6) is 5.75 Å². The summed E-state index contributed by atoms with van der Waals surface area (Å²) < 4.78 is 5.65. The molecule has 4 aliphatic rings. The van der Waals surface area contributed by atoms with Gasteiger partial charge in [0.25, 0.3) is 5.91 Å². The molecule has 150 valence electrons. The van der Waals surface area contributed by atoms with Gasteiger partial charge in [-0.25, -0.2) is 5.43 Å². The van der Waals surface area contributed by atoms with Crippen LogP contribution in [-0.2, 0) is 10.2 Å². The second-order valence-corrected chi connectivity index (χ2v) is 9.09. The summed E-state index contributed by atoms with van der Waals surface area (Å²) in [4.78, 5) is 15.9. The van der Waals surface area contributed by atoms with Crippen LogP contribution in [0.2, 0.25) is 0 Å². The van der Waals surface area contributed by atoms with Gasteiger partial charge in [0.1, 0.15) is 5.75 Å². The molecule has 5 nitrogen and oxygen atoms in total. The third-order valence-electron chi connectivity index (χ3n) is 6.96. The van der Waals surface area contributed by atoms with Crippen molar-refractivity contribution in [2.75, 3.05) is 6.61 Å². The van der Waals surface area contributed by atoms with Crippen molar-refractivity contribution in [3.63, 3.8) is 0 Å². The van der Waals surface area contributed by atoms with Crippen LogP contribution in [0.3, 0.4) is 0 Å². The minimum absolute atomic E-state index is 0.0545. The van der Waals surface area contributed by atoms with Crippen molar-refractivity contribution in [1.29, 1.82) is 0 Å². The normalized spacial score (nSPS) is 29.9. The van der Waals surface area contributed by atoms with Crippen LogP contribution in [0.4, 0.5) is 0 Å². The van der Waals surface area contributed by atoms with Crippen molar-refractivity contribution < 1.29 is 9.53 Å². The first-order chi connectivity index (χ1) is 14.2. The predicted octanol–water partition coefficient (Wildman–Crippen LogP) is 4.08. The summed E-state index contributed by atoms with van der Waals surface area (Å²) in [5, 5.41) is 3.93. The average Bonchev–Trinajstić information content (AvgIpc) is 2.72. The van der Waals surface area contributed by atoms with E-state index in [4.69, 9.17) is 4.74 Å². The first-order valence-corrected chi connectivity index (χ1v) is 10.6. The molecule has 0 spiro atoms. The predicted molar refractivity (Wildman–Crippen MR) is 112 cm³/mol. The molecule has 4 aliphatic carbocycles. The molecule has 1 N–H and O–H groups in total. The SMILES string of the molecule is O=C(COc1ccc(C23CC4CC(CC(C4)C2)C3)cc1)N/N=C/c1cccnc1. The zero-order valence-corrected chi connectivity index (χ0v) is 16.6. The van der Waals surface area contributed by atoms with E-state index in [2.05, 4.69) is 27.6 Å². The Kier molecular flexibility index (Phi) is 4.82. The van der Waals surface area contributed by atoms with Gasteiger partial charge < -0.3 is 4.74 Å². The van der Waals surface area contributed by atoms with Gasteiger partial charge in [0.15, 0.2) is 6.61 Å². The van der Waals surface area contributed by atoms with Gasteiger partial charge in [-0.2, -0.15) is 5.10 Å². The molecular weight excluding hydrogens is 362 g/mol. The third-order valence-corrected chi connectivity index (χ3v) is 6.96. The second-order valence-electron chi connectivity index (χ2n) is 9.09. The first-order valence-electron chi connectivity index (χ1n) is 10.6. The third kappa shape index (κ3) is 3.91. The lowest BCUT2D eigenvalue weighted by Gasteiger charge is -2.57. The number of nitrogens with one attached hydrogen (secondary N) is 1. The summed E-state index contributed by atoms with van der Waals surface area (Å²) in [7, 11) is 0. The lowest BCUT2D eigenvalue weighted by Crippen LogP contribution is -2.48. The number of hydrazone groups is 1. The summed E-state index contributed by atoms with van der Waals surface area (Å²) in [6.07, 6.45) is 13.4. The van der Waals surface area contributed by atoms with Gasteiger partial charge in [-0.05, 0) is 85.5 Å². The Hall–Kier alpha value is -2.69. The van der Waals surface area contributed by atoms with Crippen LogP contribution in [-0.4, -0.2) is 23.7 Å². The van der Waals surface area contributed by atoms with E-state index in [0.29, 0.717) is 5.41 Å². The number of carbonyl (C=O) groups is 1. The Labute approximate surface area is 171 Å². The molecule has 0 saturated heterocycles. The van der Waals surface area contributed by atoms with Crippen LogP contribution in [0, 0.1) is 17.8 Å². The van der Waals surface area contributed by atoms with Crippen molar-refractivity contribution >= 4 is 12.1 Å². The van der Waals surface area contributed by atoms with Gasteiger partial charge in [0, 0.05) is 18.0 Å². The van der Waals surface area contributed by atoms with Gasteiger partial charge in [0.05, 0.1) is 6.21 Å². The molecule has 2 aromatic rings. The summed E-state index contributed by atoms with van der Waals surface area (Å²) in [5.74, 6) is 3.26. The molecule has 0 radical (unpaired) electrons. The fourth-order valence-electron chi connectivity index (χ4n) is 6.18. The topological polar surface area (TPSA) is 63.6 Å². The van der Waals surface area contributed by atoms with Crippen LogP contribution < -0.4 is 10.2 Å². The lowest BCUT2D eigenvalue weighted by atomic mass is 9.48. The highest BCUT2D eigenvalue weighted by atomic mass is 16.5. The average molecular weight is 389 g/mol. The number of ether oxygens (including phenoxy) is 1. The summed E-state index contributed by atoms with van der Waals surface area (Å²) in [6.45, 7) is -0.0545. The smallest absolute Gasteiger partial charge is 0.277 e. The van der Waals surface area contributed by atoms with Gasteiger partial charge >= 0.3 is 0 Å². The molecule has 1 aromatic carbocycles. The molecule has 5 heteroatoms. The molecule has 0 unspecified atom stereocenters. The van der Waals surface area contributed by atoms with Crippen molar-refractivity contribution in [3.05, 3.63) is 59.9 Å². The van der Waals surface area contributed by atoms with Gasteiger partial charge in [-0.3, -0.25) is 9.78 Å². The summed E-state index contributed by atoms with van der Waals surface area (Å²) in [5.41, 5.74) is 5.17. The minimum atomic E-state index is -0.282. The molecule has 0 aliphatic heterocycles. The molecule has 29 heavy (non-hydrogen) atoms. The number of hydrogen-bond acceptors (Lipinski definition) is 4. The fraction of sp³-hybridized carbons (Fsp3) is 0.458. The minimum Gasteiger partial charge on any atom is -0.484 e. The van der Waals surface area contributed by atoms with Crippen molar-refractivity contribution in [2.24, 2.45) is 22.9 Å².